The lowest BCUT2D eigenvalue weighted by atomic mass is 10.0. The van der Waals surface area contributed by atoms with Crippen LogP contribution >= 0.6 is 11.6 Å². The van der Waals surface area contributed by atoms with Crippen LogP contribution < -0.4 is 0 Å². The minimum atomic E-state index is -0.608. The highest BCUT2D eigenvalue weighted by Crippen LogP contribution is 2.29. The molecule has 1 rings (SSSR count). The van der Waals surface area contributed by atoms with Gasteiger partial charge in [-0.2, -0.15) is 0 Å². The van der Waals surface area contributed by atoms with Crippen molar-refractivity contribution in [1.29, 1.82) is 0 Å². The molecule has 0 unspecified atom stereocenters. The molecule has 0 saturated carbocycles. The number of halogens is 1. The fraction of sp³-hybridized carbons (Fsp3) is 0.250. The zero-order valence-electron chi connectivity index (χ0n) is 9.21. The van der Waals surface area contributed by atoms with Gasteiger partial charge in [0.15, 0.2) is 0 Å². The number of hydrogen-bond acceptors (Lipinski definition) is 3. The number of esters is 1. The van der Waals surface area contributed by atoms with Crippen molar-refractivity contribution in [2.45, 2.75) is 13.3 Å². The van der Waals surface area contributed by atoms with Crippen LogP contribution in [0.2, 0.25) is 5.02 Å². The van der Waals surface area contributed by atoms with Gasteiger partial charge >= 0.3 is 5.97 Å². The second-order valence-electron chi connectivity index (χ2n) is 3.59. The van der Waals surface area contributed by atoms with Gasteiger partial charge in [0.1, 0.15) is 11.3 Å². The molecule has 1 N–H and O–H groups in total. The van der Waals surface area contributed by atoms with Crippen molar-refractivity contribution in [3.05, 3.63) is 40.4 Å². The summed E-state index contributed by atoms with van der Waals surface area (Å²) >= 11 is 5.86. The highest BCUT2D eigenvalue weighted by molar-refractivity contribution is 6.31. The highest BCUT2D eigenvalue weighted by atomic mass is 35.5. The number of ether oxygens (including phenoxy) is 1. The van der Waals surface area contributed by atoms with Crippen molar-refractivity contribution in [2.75, 3.05) is 7.11 Å². The van der Waals surface area contributed by atoms with Crippen LogP contribution in [0.4, 0.5) is 0 Å². The number of phenolic OH excluding ortho intramolecular Hbond substituents is 1. The fourth-order valence-electron chi connectivity index (χ4n) is 1.38. The monoisotopic (exact) mass is 240 g/mol. The topological polar surface area (TPSA) is 46.5 Å². The van der Waals surface area contributed by atoms with E-state index in [4.69, 9.17) is 11.6 Å². The van der Waals surface area contributed by atoms with Gasteiger partial charge in [-0.1, -0.05) is 23.8 Å². The molecule has 16 heavy (non-hydrogen) atoms. The highest BCUT2D eigenvalue weighted by Gasteiger charge is 2.16. The van der Waals surface area contributed by atoms with Gasteiger partial charge < -0.3 is 9.84 Å². The van der Waals surface area contributed by atoms with Crippen LogP contribution in [-0.4, -0.2) is 18.2 Å². The Hall–Kier alpha value is -1.48. The molecule has 0 aliphatic rings. The van der Waals surface area contributed by atoms with Crippen LogP contribution in [-0.2, 0) is 11.2 Å². The first kappa shape index (κ1) is 12.6. The first-order chi connectivity index (χ1) is 7.45. The first-order valence-corrected chi connectivity index (χ1v) is 5.07. The van der Waals surface area contributed by atoms with E-state index >= 15 is 0 Å². The van der Waals surface area contributed by atoms with Crippen LogP contribution in [0.15, 0.2) is 24.3 Å². The number of phenols is 1. The molecule has 0 heterocycles. The maximum absolute atomic E-state index is 11.4. The zero-order chi connectivity index (χ0) is 12.3. The summed E-state index contributed by atoms with van der Waals surface area (Å²) in [6.45, 7) is 5.58. The summed E-state index contributed by atoms with van der Waals surface area (Å²) < 4.78 is 4.55. The third kappa shape index (κ3) is 2.76. The van der Waals surface area contributed by atoms with Gasteiger partial charge in [0.05, 0.1) is 7.11 Å². The van der Waals surface area contributed by atoms with E-state index in [2.05, 4.69) is 11.3 Å². The van der Waals surface area contributed by atoms with E-state index in [0.717, 1.165) is 5.57 Å². The van der Waals surface area contributed by atoms with E-state index in [9.17, 15) is 9.90 Å². The van der Waals surface area contributed by atoms with Gasteiger partial charge in [-0.25, -0.2) is 4.79 Å². The Labute approximate surface area is 99.3 Å². The Morgan fingerprint density at radius 2 is 2.19 bits per heavy atom. The van der Waals surface area contributed by atoms with Crippen molar-refractivity contribution >= 4 is 17.6 Å². The number of allylic oxidation sites excluding steroid dienone is 1. The Balaban J connectivity index is 3.25. The summed E-state index contributed by atoms with van der Waals surface area (Å²) in [5, 5.41) is 10.2. The molecule has 1 aromatic rings. The molecule has 0 aliphatic heterocycles. The Bertz CT molecular complexity index is 438. The van der Waals surface area contributed by atoms with Crippen molar-refractivity contribution in [2.24, 2.45) is 0 Å². The summed E-state index contributed by atoms with van der Waals surface area (Å²) in [7, 11) is 1.25. The molecule has 0 amide bonds. The predicted octanol–water partition coefficient (Wildman–Crippen LogP) is 2.95. The summed E-state index contributed by atoms with van der Waals surface area (Å²) in [5.74, 6) is -0.706. The molecule has 86 valence electrons. The standard InChI is InChI=1S/C12H13ClO3/c1-7(2)4-8-5-9(13)6-10(11(8)14)12(15)16-3/h5-6,14H,1,4H2,2-3H3. The van der Waals surface area contributed by atoms with E-state index in [1.54, 1.807) is 6.07 Å². The Morgan fingerprint density at radius 1 is 1.56 bits per heavy atom. The van der Waals surface area contributed by atoms with Crippen LogP contribution in [0.1, 0.15) is 22.8 Å². The lowest BCUT2D eigenvalue weighted by molar-refractivity contribution is 0.0597. The smallest absolute Gasteiger partial charge is 0.341 e. The average molecular weight is 241 g/mol. The van der Waals surface area contributed by atoms with Crippen molar-refractivity contribution in [1.82, 2.24) is 0 Å². The second-order valence-corrected chi connectivity index (χ2v) is 4.02. The largest absolute Gasteiger partial charge is 0.507 e. The minimum Gasteiger partial charge on any atom is -0.507 e. The molecule has 0 radical (unpaired) electrons. The molecule has 0 saturated heterocycles. The quantitative estimate of drug-likeness (QED) is 0.653. The Kier molecular flexibility index (Phi) is 3.96. The maximum Gasteiger partial charge on any atom is 0.341 e. The van der Waals surface area contributed by atoms with Gasteiger partial charge in [0.25, 0.3) is 0 Å². The van der Waals surface area contributed by atoms with Crippen molar-refractivity contribution in [3.8, 4) is 5.75 Å². The normalized spacial score (nSPS) is 9.94. The number of methoxy groups -OCH3 is 1. The van der Waals surface area contributed by atoms with E-state index in [0.29, 0.717) is 17.0 Å². The molecule has 0 bridgehead atoms. The summed E-state index contributed by atoms with van der Waals surface area (Å²) in [6.07, 6.45) is 0.469. The second kappa shape index (κ2) is 5.03. The molecule has 0 atom stereocenters. The maximum atomic E-state index is 11.4. The minimum absolute atomic E-state index is 0.0752. The lowest BCUT2D eigenvalue weighted by Gasteiger charge is -2.09. The van der Waals surface area contributed by atoms with Crippen LogP contribution in [0.25, 0.3) is 0 Å². The van der Waals surface area contributed by atoms with Gasteiger partial charge in [-0.3, -0.25) is 0 Å². The number of carbonyl (C=O) groups is 1. The van der Waals surface area contributed by atoms with E-state index in [1.807, 2.05) is 6.92 Å². The third-order valence-electron chi connectivity index (χ3n) is 2.05. The molecular formula is C12H13ClO3. The zero-order valence-corrected chi connectivity index (χ0v) is 9.97. The SMILES string of the molecule is C=C(C)Cc1cc(Cl)cc(C(=O)OC)c1O. The fourth-order valence-corrected chi connectivity index (χ4v) is 1.62. The van der Waals surface area contributed by atoms with Crippen LogP contribution in [0, 0.1) is 0 Å². The van der Waals surface area contributed by atoms with E-state index < -0.39 is 5.97 Å². The number of carbonyl (C=O) groups excluding carboxylic acids is 1. The van der Waals surface area contributed by atoms with Crippen LogP contribution in [0.3, 0.4) is 0 Å². The lowest BCUT2D eigenvalue weighted by Crippen LogP contribution is -2.03. The molecule has 3 nitrogen and oxygen atoms in total. The molecule has 4 heteroatoms. The average Bonchev–Trinajstić information content (AvgIpc) is 2.21. The third-order valence-corrected chi connectivity index (χ3v) is 2.27. The van der Waals surface area contributed by atoms with Crippen molar-refractivity contribution < 1.29 is 14.6 Å². The molecule has 1 aromatic carbocycles. The molecule has 0 aromatic heterocycles. The van der Waals surface area contributed by atoms with Crippen molar-refractivity contribution in [3.63, 3.8) is 0 Å². The molecular weight excluding hydrogens is 228 g/mol. The molecule has 0 aliphatic carbocycles. The first-order valence-electron chi connectivity index (χ1n) is 4.69. The molecule has 0 spiro atoms. The number of aromatic hydroxyl groups is 1. The number of benzene rings is 1. The van der Waals surface area contributed by atoms with Gasteiger partial charge in [-0.15, -0.1) is 0 Å². The van der Waals surface area contributed by atoms with Gasteiger partial charge in [-0.05, 0) is 25.5 Å². The summed E-state index contributed by atoms with van der Waals surface area (Å²) in [4.78, 5) is 11.4. The Morgan fingerprint density at radius 3 is 2.69 bits per heavy atom. The van der Waals surface area contributed by atoms with Gasteiger partial charge in [0.2, 0.25) is 0 Å². The molecule has 0 fully saturated rings. The van der Waals surface area contributed by atoms with E-state index in [1.165, 1.54) is 13.2 Å². The summed E-state index contributed by atoms with van der Waals surface area (Å²) in [5.41, 5.74) is 1.51. The van der Waals surface area contributed by atoms with Crippen LogP contribution in [0.5, 0.6) is 5.75 Å². The predicted molar refractivity (Wildman–Crippen MR) is 63.0 cm³/mol. The van der Waals surface area contributed by atoms with Gasteiger partial charge in [0, 0.05) is 10.6 Å². The summed E-state index contributed by atoms with van der Waals surface area (Å²) in [6, 6.07) is 2.99. The van der Waals surface area contributed by atoms with E-state index in [-0.39, 0.29) is 11.3 Å². The number of rotatable bonds is 3. The number of hydrogen-bond donors (Lipinski definition) is 1.